The zero-order chi connectivity index (χ0) is 11.6. The van der Waals surface area contributed by atoms with Crippen LogP contribution in [0.15, 0.2) is 0 Å². The lowest BCUT2D eigenvalue weighted by atomic mass is 9.94. The highest BCUT2D eigenvalue weighted by Crippen LogP contribution is 2.23. The average Bonchev–Trinajstić information content (AvgIpc) is 2.49. The van der Waals surface area contributed by atoms with Gasteiger partial charge in [0.25, 0.3) is 0 Å². The van der Waals surface area contributed by atoms with E-state index in [1.165, 1.54) is 12.8 Å². The van der Waals surface area contributed by atoms with Crippen molar-refractivity contribution in [2.75, 3.05) is 26.9 Å². The summed E-state index contributed by atoms with van der Waals surface area (Å²) < 4.78 is 10.3. The molecule has 0 heterocycles. The third kappa shape index (κ3) is 5.61. The van der Waals surface area contributed by atoms with E-state index in [0.717, 1.165) is 38.7 Å². The van der Waals surface area contributed by atoms with E-state index in [9.17, 15) is 4.79 Å². The van der Waals surface area contributed by atoms with Gasteiger partial charge in [0.2, 0.25) is 0 Å². The minimum atomic E-state index is 0.313. The van der Waals surface area contributed by atoms with Crippen LogP contribution >= 0.6 is 0 Å². The summed E-state index contributed by atoms with van der Waals surface area (Å²) in [5, 5.41) is 0. The van der Waals surface area contributed by atoms with E-state index < -0.39 is 0 Å². The van der Waals surface area contributed by atoms with Crippen LogP contribution in [-0.2, 0) is 14.3 Å². The molecule has 0 spiro atoms. The van der Waals surface area contributed by atoms with E-state index in [-0.39, 0.29) is 0 Å². The Bertz CT molecular complexity index is 192. The smallest absolute Gasteiger partial charge is 0.135 e. The van der Waals surface area contributed by atoms with Crippen molar-refractivity contribution in [3.8, 4) is 0 Å². The highest BCUT2D eigenvalue weighted by Gasteiger charge is 2.19. The summed E-state index contributed by atoms with van der Waals surface area (Å²) in [6.07, 6.45) is 7.45. The topological polar surface area (TPSA) is 35.5 Å². The van der Waals surface area contributed by atoms with E-state index in [0.29, 0.717) is 24.9 Å². The van der Waals surface area contributed by atoms with Crippen LogP contribution in [0, 0.1) is 5.92 Å². The molecule has 1 aliphatic carbocycles. The maximum Gasteiger partial charge on any atom is 0.135 e. The number of hydrogen-bond acceptors (Lipinski definition) is 3. The summed E-state index contributed by atoms with van der Waals surface area (Å²) in [6.45, 7) is 2.07. The van der Waals surface area contributed by atoms with Gasteiger partial charge >= 0.3 is 0 Å². The van der Waals surface area contributed by atoms with Gasteiger partial charge in [-0.3, -0.25) is 4.79 Å². The molecule has 16 heavy (non-hydrogen) atoms. The molecule has 1 rings (SSSR count). The first kappa shape index (κ1) is 13.7. The predicted octanol–water partition coefficient (Wildman–Crippen LogP) is 2.58. The van der Waals surface area contributed by atoms with Crippen molar-refractivity contribution in [3.05, 3.63) is 0 Å². The van der Waals surface area contributed by atoms with Crippen molar-refractivity contribution in [3.63, 3.8) is 0 Å². The van der Waals surface area contributed by atoms with Gasteiger partial charge in [0.05, 0.1) is 13.2 Å². The number of rotatable bonds is 7. The average molecular weight is 228 g/mol. The van der Waals surface area contributed by atoms with Crippen LogP contribution < -0.4 is 0 Å². The lowest BCUT2D eigenvalue weighted by Crippen LogP contribution is -2.13. The largest absolute Gasteiger partial charge is 0.382 e. The Morgan fingerprint density at radius 3 is 2.88 bits per heavy atom. The Balaban J connectivity index is 2.04. The van der Waals surface area contributed by atoms with Crippen molar-refractivity contribution in [1.82, 2.24) is 0 Å². The maximum atomic E-state index is 11.7. The number of methoxy groups -OCH3 is 1. The number of ether oxygens (including phenoxy) is 2. The zero-order valence-corrected chi connectivity index (χ0v) is 10.4. The van der Waals surface area contributed by atoms with Gasteiger partial charge in [0.1, 0.15) is 5.78 Å². The molecule has 94 valence electrons. The summed E-state index contributed by atoms with van der Waals surface area (Å²) in [4.78, 5) is 11.7. The standard InChI is InChI=1S/C13H24O3/c1-15-10-11-16-9-5-7-12-6-3-2-4-8-13(12)14/h12H,2-11H2,1H3. The second-order valence-electron chi connectivity index (χ2n) is 4.51. The van der Waals surface area contributed by atoms with Crippen molar-refractivity contribution in [1.29, 1.82) is 0 Å². The van der Waals surface area contributed by atoms with Gasteiger partial charge in [-0.15, -0.1) is 0 Å². The molecule has 0 aromatic heterocycles. The van der Waals surface area contributed by atoms with Gasteiger partial charge in [-0.25, -0.2) is 0 Å². The lowest BCUT2D eigenvalue weighted by molar-refractivity contribution is -0.123. The van der Waals surface area contributed by atoms with Crippen LogP contribution in [0.25, 0.3) is 0 Å². The first-order valence-electron chi connectivity index (χ1n) is 6.44. The maximum absolute atomic E-state index is 11.7. The Labute approximate surface area is 98.5 Å². The van der Waals surface area contributed by atoms with Crippen molar-refractivity contribution >= 4 is 5.78 Å². The summed E-state index contributed by atoms with van der Waals surface area (Å²) in [5.74, 6) is 0.794. The van der Waals surface area contributed by atoms with Gasteiger partial charge in [-0.05, 0) is 25.7 Å². The SMILES string of the molecule is COCCOCCCC1CCCCCC1=O. The lowest BCUT2D eigenvalue weighted by Gasteiger charge is -2.12. The second kappa shape index (κ2) is 8.71. The molecule has 1 atom stereocenters. The van der Waals surface area contributed by atoms with Gasteiger partial charge in [0, 0.05) is 26.1 Å². The molecule has 0 N–H and O–H groups in total. The highest BCUT2D eigenvalue weighted by atomic mass is 16.5. The molecule has 1 fully saturated rings. The van der Waals surface area contributed by atoms with Gasteiger partial charge in [-0.2, -0.15) is 0 Å². The van der Waals surface area contributed by atoms with Gasteiger partial charge in [-0.1, -0.05) is 12.8 Å². The molecule has 0 amide bonds. The number of Topliss-reactive ketones (excluding diaryl/α,β-unsaturated/α-hetero) is 1. The molecule has 0 aromatic carbocycles. The van der Waals surface area contributed by atoms with E-state index in [1.54, 1.807) is 7.11 Å². The van der Waals surface area contributed by atoms with Crippen LogP contribution in [0.3, 0.4) is 0 Å². The van der Waals surface area contributed by atoms with E-state index in [4.69, 9.17) is 9.47 Å². The van der Waals surface area contributed by atoms with Gasteiger partial charge in [0.15, 0.2) is 0 Å². The molecule has 0 saturated heterocycles. The number of carbonyl (C=O) groups excluding carboxylic acids is 1. The first-order chi connectivity index (χ1) is 7.84. The summed E-state index contributed by atoms with van der Waals surface area (Å²) in [6, 6.07) is 0. The minimum Gasteiger partial charge on any atom is -0.382 e. The van der Waals surface area contributed by atoms with E-state index in [2.05, 4.69) is 0 Å². The van der Waals surface area contributed by atoms with Crippen LogP contribution in [0.2, 0.25) is 0 Å². The minimum absolute atomic E-state index is 0.313. The van der Waals surface area contributed by atoms with Crippen LogP contribution in [0.4, 0.5) is 0 Å². The van der Waals surface area contributed by atoms with Crippen molar-refractivity contribution in [2.45, 2.75) is 44.9 Å². The molecular weight excluding hydrogens is 204 g/mol. The van der Waals surface area contributed by atoms with Crippen LogP contribution in [0.5, 0.6) is 0 Å². The molecule has 1 aliphatic rings. The zero-order valence-electron chi connectivity index (χ0n) is 10.4. The molecule has 0 radical (unpaired) electrons. The van der Waals surface area contributed by atoms with Gasteiger partial charge < -0.3 is 9.47 Å². The second-order valence-corrected chi connectivity index (χ2v) is 4.51. The van der Waals surface area contributed by atoms with Crippen molar-refractivity contribution < 1.29 is 14.3 Å². The molecular formula is C13H24O3. The van der Waals surface area contributed by atoms with Crippen molar-refractivity contribution in [2.24, 2.45) is 5.92 Å². The third-order valence-corrected chi connectivity index (χ3v) is 3.20. The number of hydrogen-bond donors (Lipinski definition) is 0. The molecule has 1 unspecified atom stereocenters. The number of carbonyl (C=O) groups is 1. The Kier molecular flexibility index (Phi) is 7.43. The predicted molar refractivity (Wildman–Crippen MR) is 63.5 cm³/mol. The molecule has 0 bridgehead atoms. The third-order valence-electron chi connectivity index (χ3n) is 3.20. The number of ketones is 1. The summed E-state index contributed by atoms with van der Waals surface area (Å²) in [5.41, 5.74) is 0. The summed E-state index contributed by atoms with van der Waals surface area (Å²) >= 11 is 0. The molecule has 0 aromatic rings. The summed E-state index contributed by atoms with van der Waals surface area (Å²) in [7, 11) is 1.67. The highest BCUT2D eigenvalue weighted by molar-refractivity contribution is 5.81. The van der Waals surface area contributed by atoms with E-state index in [1.807, 2.05) is 0 Å². The monoisotopic (exact) mass is 228 g/mol. The Morgan fingerprint density at radius 1 is 1.19 bits per heavy atom. The Hall–Kier alpha value is -0.410. The fourth-order valence-corrected chi connectivity index (χ4v) is 2.21. The molecule has 3 heteroatoms. The molecule has 1 saturated carbocycles. The van der Waals surface area contributed by atoms with Crippen LogP contribution in [-0.4, -0.2) is 32.7 Å². The van der Waals surface area contributed by atoms with E-state index >= 15 is 0 Å². The molecule has 3 nitrogen and oxygen atoms in total. The van der Waals surface area contributed by atoms with Crippen LogP contribution in [0.1, 0.15) is 44.9 Å². The normalized spacial score (nSPS) is 22.1. The first-order valence-corrected chi connectivity index (χ1v) is 6.44. The fraction of sp³-hybridized carbons (Fsp3) is 0.923. The Morgan fingerprint density at radius 2 is 2.06 bits per heavy atom. The quantitative estimate of drug-likeness (QED) is 0.496. The molecule has 0 aliphatic heterocycles. The fourth-order valence-electron chi connectivity index (χ4n) is 2.21.